The van der Waals surface area contributed by atoms with Crippen molar-refractivity contribution in [2.24, 2.45) is 0 Å². The molecule has 0 amide bonds. The quantitative estimate of drug-likeness (QED) is 0.692. The molecule has 0 aliphatic heterocycles. The van der Waals surface area contributed by atoms with Crippen LogP contribution in [0.25, 0.3) is 0 Å². The maximum atomic E-state index is 12.2. The summed E-state index contributed by atoms with van der Waals surface area (Å²) in [5.74, 6) is -2.99. The molecule has 0 saturated carbocycles. The molecule has 1 heterocycles. The van der Waals surface area contributed by atoms with Crippen molar-refractivity contribution >= 4 is 11.8 Å². The Morgan fingerprint density at radius 1 is 1.18 bits per heavy atom. The number of alkyl halides is 3. The van der Waals surface area contributed by atoms with Crippen molar-refractivity contribution in [2.45, 2.75) is 25.6 Å². The number of Topliss-reactive ketones (excluding diaryl/α,β-unsaturated/α-hetero) is 1. The molecular formula is C18H13F3N2O5. The van der Waals surface area contributed by atoms with Crippen molar-refractivity contribution in [1.29, 1.82) is 5.26 Å². The second-order valence-electron chi connectivity index (χ2n) is 5.66. The van der Waals surface area contributed by atoms with Crippen LogP contribution in [0, 0.1) is 11.3 Å². The van der Waals surface area contributed by atoms with E-state index in [0.717, 1.165) is 12.1 Å². The molecule has 0 saturated heterocycles. The third-order valence-electron chi connectivity index (χ3n) is 3.54. The molecule has 1 aromatic heterocycles. The summed E-state index contributed by atoms with van der Waals surface area (Å²) in [5.41, 5.74) is 0.0751. The lowest BCUT2D eigenvalue weighted by atomic mass is 10.0. The van der Waals surface area contributed by atoms with Crippen molar-refractivity contribution in [1.82, 2.24) is 4.98 Å². The maximum Gasteiger partial charge on any atom is 0.573 e. The van der Waals surface area contributed by atoms with Crippen LogP contribution in [-0.2, 0) is 11.2 Å². The highest BCUT2D eigenvalue weighted by atomic mass is 19.4. The first-order chi connectivity index (χ1) is 13.1. The number of benzene rings is 1. The highest BCUT2D eigenvalue weighted by molar-refractivity contribution is 5.98. The molecule has 0 bridgehead atoms. The number of ether oxygens (including phenoxy) is 1. The van der Waals surface area contributed by atoms with Crippen LogP contribution in [0.1, 0.15) is 40.2 Å². The van der Waals surface area contributed by atoms with E-state index in [1.807, 2.05) is 0 Å². The summed E-state index contributed by atoms with van der Waals surface area (Å²) in [4.78, 5) is 26.7. The first kappa shape index (κ1) is 20.7. The second kappa shape index (κ2) is 8.39. The predicted octanol–water partition coefficient (Wildman–Crippen LogP) is 3.20. The summed E-state index contributed by atoms with van der Waals surface area (Å²) in [7, 11) is 0. The predicted molar refractivity (Wildman–Crippen MR) is 87.7 cm³/mol. The molecule has 0 aliphatic carbocycles. The van der Waals surface area contributed by atoms with Crippen molar-refractivity contribution in [2.75, 3.05) is 0 Å². The fraction of sp³-hybridized carbons (Fsp3) is 0.222. The molecule has 28 heavy (non-hydrogen) atoms. The molecule has 10 heteroatoms. The Bertz CT molecular complexity index is 934. The van der Waals surface area contributed by atoms with E-state index in [4.69, 9.17) is 10.4 Å². The number of aliphatic carboxylic acids is 1. The highest BCUT2D eigenvalue weighted by Gasteiger charge is 2.31. The van der Waals surface area contributed by atoms with Gasteiger partial charge in [0, 0.05) is 18.5 Å². The highest BCUT2D eigenvalue weighted by Crippen LogP contribution is 2.26. The standard InChI is InChI=1S/C18H13F3N2O5/c19-18(20,21)28-13-3-1-10(2-4-13)7-12-8-11(9-22)17(27)16(23-12)14(24)5-6-15(25)26/h1-4,8,27H,5-7H2,(H,25,26). The second-order valence-corrected chi connectivity index (χ2v) is 5.66. The third kappa shape index (κ3) is 5.70. The zero-order chi connectivity index (χ0) is 20.9. The van der Waals surface area contributed by atoms with E-state index in [-0.39, 0.29) is 17.7 Å². The number of aromatic hydroxyl groups is 1. The van der Waals surface area contributed by atoms with Gasteiger partial charge in [0.2, 0.25) is 0 Å². The lowest BCUT2D eigenvalue weighted by Crippen LogP contribution is -2.17. The fourth-order valence-corrected chi connectivity index (χ4v) is 2.32. The van der Waals surface area contributed by atoms with Crippen LogP contribution in [-0.4, -0.2) is 33.3 Å². The van der Waals surface area contributed by atoms with Crippen LogP contribution < -0.4 is 4.74 Å². The number of nitrogens with zero attached hydrogens (tertiary/aromatic N) is 2. The SMILES string of the molecule is N#Cc1cc(Cc2ccc(OC(F)(F)F)cc2)nc(C(=O)CCC(=O)O)c1O. The van der Waals surface area contributed by atoms with Crippen LogP contribution in [0.2, 0.25) is 0 Å². The summed E-state index contributed by atoms with van der Waals surface area (Å²) < 4.78 is 40.3. The summed E-state index contributed by atoms with van der Waals surface area (Å²) >= 11 is 0. The largest absolute Gasteiger partial charge is 0.573 e. The average molecular weight is 394 g/mol. The van der Waals surface area contributed by atoms with Gasteiger partial charge in [0.05, 0.1) is 12.0 Å². The third-order valence-corrected chi connectivity index (χ3v) is 3.54. The molecule has 0 aliphatic rings. The fourth-order valence-electron chi connectivity index (χ4n) is 2.32. The molecule has 2 N–H and O–H groups in total. The Kier molecular flexibility index (Phi) is 6.20. The van der Waals surface area contributed by atoms with Gasteiger partial charge < -0.3 is 14.9 Å². The Morgan fingerprint density at radius 2 is 1.82 bits per heavy atom. The van der Waals surface area contributed by atoms with Crippen LogP contribution in [0.4, 0.5) is 13.2 Å². The van der Waals surface area contributed by atoms with Crippen molar-refractivity contribution in [3.8, 4) is 17.6 Å². The van der Waals surface area contributed by atoms with Gasteiger partial charge in [0.25, 0.3) is 0 Å². The van der Waals surface area contributed by atoms with Crippen molar-refractivity contribution < 1.29 is 37.7 Å². The monoisotopic (exact) mass is 394 g/mol. The number of nitriles is 1. The minimum Gasteiger partial charge on any atom is -0.504 e. The van der Waals surface area contributed by atoms with E-state index < -0.39 is 48.1 Å². The van der Waals surface area contributed by atoms with Gasteiger partial charge in [-0.3, -0.25) is 9.59 Å². The van der Waals surface area contributed by atoms with Crippen LogP contribution in [0.15, 0.2) is 30.3 Å². The van der Waals surface area contributed by atoms with Crippen LogP contribution in [0.3, 0.4) is 0 Å². The van der Waals surface area contributed by atoms with E-state index in [9.17, 15) is 27.9 Å². The van der Waals surface area contributed by atoms with E-state index in [1.54, 1.807) is 6.07 Å². The normalized spacial score (nSPS) is 10.9. The molecule has 2 aromatic rings. The van der Waals surface area contributed by atoms with Gasteiger partial charge in [-0.15, -0.1) is 13.2 Å². The number of hydrogen-bond acceptors (Lipinski definition) is 6. The molecule has 1 aromatic carbocycles. The minimum absolute atomic E-state index is 0.0560. The first-order valence-electron chi connectivity index (χ1n) is 7.81. The number of hydrogen-bond donors (Lipinski definition) is 2. The Labute approximate surface area is 156 Å². The van der Waals surface area contributed by atoms with Gasteiger partial charge in [-0.2, -0.15) is 5.26 Å². The number of halogens is 3. The van der Waals surface area contributed by atoms with Crippen LogP contribution >= 0.6 is 0 Å². The Hall–Kier alpha value is -3.61. The number of aromatic nitrogens is 1. The first-order valence-corrected chi connectivity index (χ1v) is 7.81. The van der Waals surface area contributed by atoms with Gasteiger partial charge in [0.1, 0.15) is 17.5 Å². The number of pyridine rings is 1. The van der Waals surface area contributed by atoms with Gasteiger partial charge in [-0.1, -0.05) is 12.1 Å². The lowest BCUT2D eigenvalue weighted by molar-refractivity contribution is -0.274. The van der Waals surface area contributed by atoms with Crippen molar-refractivity contribution in [3.05, 3.63) is 52.8 Å². The van der Waals surface area contributed by atoms with E-state index in [0.29, 0.717) is 5.56 Å². The number of rotatable bonds is 7. The molecule has 0 fully saturated rings. The van der Waals surface area contributed by atoms with Crippen molar-refractivity contribution in [3.63, 3.8) is 0 Å². The molecule has 146 valence electrons. The van der Waals surface area contributed by atoms with Gasteiger partial charge >= 0.3 is 12.3 Å². The van der Waals surface area contributed by atoms with Crippen LogP contribution in [0.5, 0.6) is 11.5 Å². The zero-order valence-corrected chi connectivity index (χ0v) is 14.2. The molecule has 0 unspecified atom stereocenters. The molecule has 0 radical (unpaired) electrons. The summed E-state index contributed by atoms with van der Waals surface area (Å²) in [5, 5.41) is 27.7. The van der Waals surface area contributed by atoms with Gasteiger partial charge in [0.15, 0.2) is 11.5 Å². The number of carboxylic acids is 1. The molecule has 0 spiro atoms. The smallest absolute Gasteiger partial charge is 0.504 e. The summed E-state index contributed by atoms with van der Waals surface area (Å²) in [6.07, 6.45) is -5.63. The lowest BCUT2D eigenvalue weighted by Gasteiger charge is -2.10. The Balaban J connectivity index is 2.26. The number of carbonyl (C=O) groups is 2. The van der Waals surface area contributed by atoms with E-state index >= 15 is 0 Å². The molecule has 2 rings (SSSR count). The number of carbonyl (C=O) groups excluding carboxylic acids is 1. The molecular weight excluding hydrogens is 381 g/mol. The van der Waals surface area contributed by atoms with E-state index in [2.05, 4.69) is 9.72 Å². The molecule has 7 nitrogen and oxygen atoms in total. The zero-order valence-electron chi connectivity index (χ0n) is 14.2. The van der Waals surface area contributed by atoms with Gasteiger partial charge in [-0.25, -0.2) is 4.98 Å². The van der Waals surface area contributed by atoms with E-state index in [1.165, 1.54) is 18.2 Å². The number of carboxylic acid groups (broad SMARTS) is 1. The van der Waals surface area contributed by atoms with Gasteiger partial charge in [-0.05, 0) is 23.8 Å². The topological polar surface area (TPSA) is 121 Å². The molecule has 0 atom stereocenters. The summed E-state index contributed by atoms with van der Waals surface area (Å²) in [6.45, 7) is 0. The average Bonchev–Trinajstić information content (AvgIpc) is 2.61. The Morgan fingerprint density at radius 3 is 2.36 bits per heavy atom. The maximum absolute atomic E-state index is 12.2. The summed E-state index contributed by atoms with van der Waals surface area (Å²) in [6, 6.07) is 7.87. The number of ketones is 1. The minimum atomic E-state index is -4.81.